The van der Waals surface area contributed by atoms with E-state index in [1.54, 1.807) is 0 Å². The van der Waals surface area contributed by atoms with Crippen LogP contribution in [0.2, 0.25) is 0 Å². The quantitative estimate of drug-likeness (QED) is 0.467. The van der Waals surface area contributed by atoms with Gasteiger partial charge in [-0.15, -0.1) is 0 Å². The largest absolute Gasteiger partial charge is 0.494 e. The first kappa shape index (κ1) is 21.5. The van der Waals surface area contributed by atoms with Crippen molar-refractivity contribution in [2.45, 2.75) is 65.0 Å². The first-order chi connectivity index (χ1) is 15.0. The van der Waals surface area contributed by atoms with Crippen LogP contribution in [-0.4, -0.2) is 17.5 Å². The molecule has 2 aromatic carbocycles. The molecule has 0 aliphatic carbocycles. The van der Waals surface area contributed by atoms with Crippen LogP contribution in [0.4, 0.5) is 0 Å². The first-order valence-electron chi connectivity index (χ1n) is 11.7. The van der Waals surface area contributed by atoms with Crippen molar-refractivity contribution < 1.29 is 4.74 Å². The smallest absolute Gasteiger partial charge is 0.121 e. The fraction of sp³-hybridized carbons (Fsp3) is 0.379. The third-order valence-electron chi connectivity index (χ3n) is 6.85. The number of fused-ring (bicyclic) bond motifs is 3. The average molecular weight is 414 g/mol. The summed E-state index contributed by atoms with van der Waals surface area (Å²) in [6.45, 7) is 15.8. The maximum atomic E-state index is 5.77. The summed E-state index contributed by atoms with van der Waals surface area (Å²) in [7, 11) is 0. The second-order valence-corrected chi connectivity index (χ2v) is 8.74. The van der Waals surface area contributed by atoms with Crippen LogP contribution < -0.4 is 0 Å². The highest BCUT2D eigenvalue weighted by molar-refractivity contribution is 5.49. The van der Waals surface area contributed by atoms with E-state index in [4.69, 9.17) is 4.74 Å². The lowest BCUT2D eigenvalue weighted by atomic mass is 9.78. The van der Waals surface area contributed by atoms with Gasteiger partial charge < -0.3 is 9.64 Å². The van der Waals surface area contributed by atoms with Crippen molar-refractivity contribution in [3.63, 3.8) is 0 Å². The summed E-state index contributed by atoms with van der Waals surface area (Å²) in [6, 6.07) is 16.6. The van der Waals surface area contributed by atoms with Gasteiger partial charge in [-0.2, -0.15) is 0 Å². The molecule has 2 nitrogen and oxygen atoms in total. The molecule has 0 saturated carbocycles. The maximum Gasteiger partial charge on any atom is 0.121 e. The van der Waals surface area contributed by atoms with E-state index in [1.807, 2.05) is 6.92 Å². The van der Waals surface area contributed by atoms with Crippen LogP contribution in [0, 0.1) is 0 Å². The van der Waals surface area contributed by atoms with Gasteiger partial charge in [0.1, 0.15) is 5.76 Å². The number of rotatable bonds is 7. The second-order valence-electron chi connectivity index (χ2n) is 8.74. The van der Waals surface area contributed by atoms with Crippen molar-refractivity contribution in [3.8, 4) is 0 Å². The minimum absolute atomic E-state index is 0.333. The molecule has 2 heterocycles. The topological polar surface area (TPSA) is 12.5 Å². The molecule has 2 aromatic rings. The summed E-state index contributed by atoms with van der Waals surface area (Å²) in [6.07, 6.45) is 7.48. The van der Waals surface area contributed by atoms with Crippen LogP contribution >= 0.6 is 0 Å². The number of ether oxygens (including phenoxy) is 1. The summed E-state index contributed by atoms with van der Waals surface area (Å²) >= 11 is 0. The van der Waals surface area contributed by atoms with Gasteiger partial charge in [0, 0.05) is 17.8 Å². The van der Waals surface area contributed by atoms with Gasteiger partial charge in [0.2, 0.25) is 0 Å². The van der Waals surface area contributed by atoms with Crippen molar-refractivity contribution >= 4 is 0 Å². The molecule has 0 bridgehead atoms. The van der Waals surface area contributed by atoms with E-state index >= 15 is 0 Å². The fourth-order valence-corrected chi connectivity index (χ4v) is 5.26. The van der Waals surface area contributed by atoms with Gasteiger partial charge in [0.25, 0.3) is 0 Å². The molecular formula is C29H35NO. The van der Waals surface area contributed by atoms with Gasteiger partial charge in [0.15, 0.2) is 0 Å². The van der Waals surface area contributed by atoms with E-state index in [0.717, 1.165) is 49.0 Å². The fourth-order valence-electron chi connectivity index (χ4n) is 5.26. The number of hydrogen-bond acceptors (Lipinski definition) is 2. The molecule has 0 fully saturated rings. The van der Waals surface area contributed by atoms with E-state index in [-0.39, 0.29) is 0 Å². The van der Waals surface area contributed by atoms with Crippen molar-refractivity contribution in [2.24, 2.45) is 0 Å². The molecule has 0 N–H and O–H groups in total. The van der Waals surface area contributed by atoms with Gasteiger partial charge in [-0.1, -0.05) is 69.5 Å². The molecule has 2 aliphatic rings. The molecule has 0 aromatic heterocycles. The zero-order valence-corrected chi connectivity index (χ0v) is 19.3. The molecule has 0 saturated heterocycles. The molecule has 2 atom stereocenters. The van der Waals surface area contributed by atoms with Gasteiger partial charge in [0.05, 0.1) is 12.6 Å². The van der Waals surface area contributed by atoms with Crippen LogP contribution in [0.3, 0.4) is 0 Å². The highest BCUT2D eigenvalue weighted by Gasteiger charge is 2.37. The van der Waals surface area contributed by atoms with Gasteiger partial charge in [-0.05, 0) is 72.4 Å². The lowest BCUT2D eigenvalue weighted by molar-refractivity contribution is 0.168. The molecule has 2 heteroatoms. The van der Waals surface area contributed by atoms with Gasteiger partial charge in [-0.25, -0.2) is 0 Å². The third kappa shape index (κ3) is 4.21. The molecule has 31 heavy (non-hydrogen) atoms. The number of benzene rings is 2. The van der Waals surface area contributed by atoms with Crippen molar-refractivity contribution in [2.75, 3.05) is 6.61 Å². The van der Waals surface area contributed by atoms with Crippen LogP contribution in [0.1, 0.15) is 61.1 Å². The zero-order valence-electron chi connectivity index (χ0n) is 19.3. The van der Waals surface area contributed by atoms with E-state index in [9.17, 15) is 0 Å². The SMILES string of the molecule is C=C1CC2c3cc(CC)c(CC)cc3CC(Cc3ccccc3)N2C=C1C(=C)OCC. The third-order valence-corrected chi connectivity index (χ3v) is 6.85. The Bertz CT molecular complexity index is 1000. The summed E-state index contributed by atoms with van der Waals surface area (Å²) in [5.74, 6) is 0.741. The van der Waals surface area contributed by atoms with Crippen LogP contribution in [0.15, 0.2) is 78.7 Å². The Kier molecular flexibility index (Phi) is 6.36. The Morgan fingerprint density at radius 3 is 2.42 bits per heavy atom. The lowest BCUT2D eigenvalue weighted by Gasteiger charge is -2.47. The highest BCUT2D eigenvalue weighted by Crippen LogP contribution is 2.45. The Morgan fingerprint density at radius 2 is 1.74 bits per heavy atom. The zero-order chi connectivity index (χ0) is 22.0. The Hall–Kier alpha value is -2.74. The van der Waals surface area contributed by atoms with E-state index in [0.29, 0.717) is 18.7 Å². The minimum Gasteiger partial charge on any atom is -0.494 e. The molecule has 0 amide bonds. The van der Waals surface area contributed by atoms with Crippen molar-refractivity contribution in [1.29, 1.82) is 0 Å². The molecule has 162 valence electrons. The number of hydrogen-bond donors (Lipinski definition) is 0. The number of nitrogens with zero attached hydrogens (tertiary/aromatic N) is 1. The van der Waals surface area contributed by atoms with Gasteiger partial charge in [-0.3, -0.25) is 0 Å². The predicted molar refractivity (Wildman–Crippen MR) is 130 cm³/mol. The molecule has 2 aliphatic heterocycles. The minimum atomic E-state index is 0.333. The van der Waals surface area contributed by atoms with E-state index in [2.05, 4.69) is 80.6 Å². The summed E-state index contributed by atoms with van der Waals surface area (Å²) in [5.41, 5.74) is 9.58. The summed E-state index contributed by atoms with van der Waals surface area (Å²) < 4.78 is 5.77. The maximum absolute atomic E-state index is 5.77. The normalized spacial score (nSPS) is 20.0. The summed E-state index contributed by atoms with van der Waals surface area (Å²) in [4.78, 5) is 2.58. The van der Waals surface area contributed by atoms with E-state index in [1.165, 1.54) is 27.8 Å². The number of aryl methyl sites for hydroxylation is 2. The monoisotopic (exact) mass is 413 g/mol. The molecule has 0 spiro atoms. The first-order valence-corrected chi connectivity index (χ1v) is 11.7. The van der Waals surface area contributed by atoms with E-state index < -0.39 is 0 Å². The van der Waals surface area contributed by atoms with Gasteiger partial charge >= 0.3 is 0 Å². The molecule has 2 unspecified atom stereocenters. The molecule has 0 radical (unpaired) electrons. The lowest BCUT2D eigenvalue weighted by Crippen LogP contribution is -2.44. The highest BCUT2D eigenvalue weighted by atomic mass is 16.5. The molecule has 4 rings (SSSR count). The second kappa shape index (κ2) is 9.18. The molecular weight excluding hydrogens is 378 g/mol. The predicted octanol–water partition coefficient (Wildman–Crippen LogP) is 6.72. The number of allylic oxidation sites excluding steroid dienone is 1. The van der Waals surface area contributed by atoms with Crippen molar-refractivity contribution in [1.82, 2.24) is 4.90 Å². The Morgan fingerprint density at radius 1 is 1.03 bits per heavy atom. The average Bonchev–Trinajstić information content (AvgIpc) is 2.78. The standard InChI is InChI=1S/C29H35NO/c1-6-23-16-25-17-26(15-22-12-10-9-11-13-22)30-19-28(21(5)31-8-3)20(4)14-29(30)27(25)18-24(23)7-2/h9-13,16,18-19,26,29H,4-8,14-15,17H2,1-3H3. The van der Waals surface area contributed by atoms with Crippen molar-refractivity contribution in [3.05, 3.63) is 107 Å². The summed E-state index contributed by atoms with van der Waals surface area (Å²) in [5, 5.41) is 0. The van der Waals surface area contributed by atoms with Crippen LogP contribution in [0.5, 0.6) is 0 Å². The Balaban J connectivity index is 1.79. The Labute approximate surface area is 187 Å². The van der Waals surface area contributed by atoms with Crippen LogP contribution in [0.25, 0.3) is 0 Å². The van der Waals surface area contributed by atoms with Crippen LogP contribution in [-0.2, 0) is 30.4 Å².